The SMILES string of the molecule is [CH2]Oc1ccc(C(=O)OC)cc1. The summed E-state index contributed by atoms with van der Waals surface area (Å²) in [4.78, 5) is 10.9. The minimum absolute atomic E-state index is 0.356. The molecule has 0 aliphatic heterocycles. The molecule has 0 spiro atoms. The van der Waals surface area contributed by atoms with Crippen molar-refractivity contribution in [1.82, 2.24) is 0 Å². The Morgan fingerprint density at radius 2 is 1.92 bits per heavy atom. The van der Waals surface area contributed by atoms with Gasteiger partial charge in [0.2, 0.25) is 0 Å². The smallest absolute Gasteiger partial charge is 0.337 e. The number of hydrogen-bond acceptors (Lipinski definition) is 3. The molecule has 0 bridgehead atoms. The highest BCUT2D eigenvalue weighted by Crippen LogP contribution is 2.11. The van der Waals surface area contributed by atoms with E-state index in [1.165, 1.54) is 7.11 Å². The van der Waals surface area contributed by atoms with Gasteiger partial charge in [0.25, 0.3) is 0 Å². The summed E-state index contributed by atoms with van der Waals surface area (Å²) in [5.74, 6) is 0.258. The summed E-state index contributed by atoms with van der Waals surface area (Å²) in [6.07, 6.45) is 0. The maximum absolute atomic E-state index is 10.9. The van der Waals surface area contributed by atoms with Crippen molar-refractivity contribution in [2.24, 2.45) is 0 Å². The Morgan fingerprint density at radius 1 is 1.33 bits per heavy atom. The van der Waals surface area contributed by atoms with Crippen molar-refractivity contribution in [2.75, 3.05) is 7.11 Å². The number of rotatable bonds is 2. The molecule has 0 unspecified atom stereocenters. The molecule has 1 aromatic rings. The van der Waals surface area contributed by atoms with Crippen LogP contribution >= 0.6 is 0 Å². The Hall–Kier alpha value is -1.51. The van der Waals surface area contributed by atoms with Crippen LogP contribution in [0.1, 0.15) is 10.4 Å². The normalized spacial score (nSPS) is 9.17. The average Bonchev–Trinajstić information content (AvgIpc) is 2.17. The fraction of sp³-hybridized carbons (Fsp3) is 0.111. The lowest BCUT2D eigenvalue weighted by Gasteiger charge is -2.00. The van der Waals surface area contributed by atoms with E-state index in [4.69, 9.17) is 0 Å². The summed E-state index contributed by atoms with van der Waals surface area (Å²) in [7, 11) is 4.58. The topological polar surface area (TPSA) is 35.5 Å². The fourth-order valence-electron chi connectivity index (χ4n) is 0.805. The Kier molecular flexibility index (Phi) is 2.69. The number of benzene rings is 1. The number of hydrogen-bond donors (Lipinski definition) is 0. The number of ether oxygens (including phenoxy) is 2. The number of carbonyl (C=O) groups excluding carboxylic acids is 1. The number of carbonyl (C=O) groups is 1. The van der Waals surface area contributed by atoms with Crippen molar-refractivity contribution in [2.45, 2.75) is 0 Å². The van der Waals surface area contributed by atoms with Crippen molar-refractivity contribution in [3.8, 4) is 5.75 Å². The summed E-state index contributed by atoms with van der Waals surface area (Å²) < 4.78 is 9.19. The molecule has 0 aliphatic rings. The molecular formula is C9H9O3. The van der Waals surface area contributed by atoms with Crippen molar-refractivity contribution in [1.29, 1.82) is 0 Å². The van der Waals surface area contributed by atoms with E-state index in [0.29, 0.717) is 11.3 Å². The van der Waals surface area contributed by atoms with Crippen LogP contribution in [0.4, 0.5) is 0 Å². The summed E-state index contributed by atoms with van der Waals surface area (Å²) >= 11 is 0. The monoisotopic (exact) mass is 165 g/mol. The molecule has 0 saturated carbocycles. The molecule has 12 heavy (non-hydrogen) atoms. The van der Waals surface area contributed by atoms with Crippen molar-refractivity contribution < 1.29 is 14.3 Å². The Labute approximate surface area is 70.9 Å². The molecule has 1 aromatic carbocycles. The predicted molar refractivity (Wildman–Crippen MR) is 43.8 cm³/mol. The maximum atomic E-state index is 10.9. The third-order valence-corrected chi connectivity index (χ3v) is 1.44. The van der Waals surface area contributed by atoms with E-state index in [2.05, 4.69) is 16.6 Å². The lowest BCUT2D eigenvalue weighted by Crippen LogP contribution is -2.00. The molecule has 0 saturated heterocycles. The zero-order valence-corrected chi connectivity index (χ0v) is 6.74. The van der Waals surface area contributed by atoms with Gasteiger partial charge in [0.1, 0.15) is 12.9 Å². The first-order chi connectivity index (χ1) is 5.77. The number of esters is 1. The zero-order valence-electron chi connectivity index (χ0n) is 6.74. The highest BCUT2D eigenvalue weighted by molar-refractivity contribution is 5.89. The van der Waals surface area contributed by atoms with Crippen LogP contribution in [-0.4, -0.2) is 13.1 Å². The molecular weight excluding hydrogens is 156 g/mol. The third-order valence-electron chi connectivity index (χ3n) is 1.44. The van der Waals surface area contributed by atoms with Gasteiger partial charge in [0, 0.05) is 0 Å². The molecule has 0 fully saturated rings. The van der Waals surface area contributed by atoms with Crippen LogP contribution in [0.3, 0.4) is 0 Å². The molecule has 0 amide bonds. The van der Waals surface area contributed by atoms with E-state index in [-0.39, 0.29) is 5.97 Å². The highest BCUT2D eigenvalue weighted by atomic mass is 16.5. The Morgan fingerprint density at radius 3 is 2.33 bits per heavy atom. The molecule has 0 N–H and O–H groups in total. The first-order valence-corrected chi connectivity index (χ1v) is 3.38. The molecule has 1 rings (SSSR count). The Balaban J connectivity index is 2.84. The van der Waals surface area contributed by atoms with Crippen LogP contribution < -0.4 is 4.74 Å². The van der Waals surface area contributed by atoms with Crippen LogP contribution in [0.15, 0.2) is 24.3 Å². The molecule has 1 radical (unpaired) electrons. The minimum atomic E-state index is -0.356. The predicted octanol–water partition coefficient (Wildman–Crippen LogP) is 1.64. The van der Waals surface area contributed by atoms with Gasteiger partial charge in [-0.15, -0.1) is 0 Å². The lowest BCUT2D eigenvalue weighted by molar-refractivity contribution is 0.0600. The first kappa shape index (κ1) is 8.59. The molecule has 3 heteroatoms. The second-order valence-electron chi connectivity index (χ2n) is 2.16. The van der Waals surface area contributed by atoms with Gasteiger partial charge in [-0.1, -0.05) is 0 Å². The van der Waals surface area contributed by atoms with E-state index in [0.717, 1.165) is 0 Å². The van der Waals surface area contributed by atoms with Crippen molar-refractivity contribution >= 4 is 5.97 Å². The van der Waals surface area contributed by atoms with Crippen molar-refractivity contribution in [3.05, 3.63) is 36.9 Å². The van der Waals surface area contributed by atoms with Gasteiger partial charge >= 0.3 is 5.97 Å². The molecule has 63 valence electrons. The van der Waals surface area contributed by atoms with Gasteiger partial charge < -0.3 is 9.47 Å². The molecule has 0 aliphatic carbocycles. The number of methoxy groups -OCH3 is 1. The van der Waals surface area contributed by atoms with Crippen LogP contribution in [-0.2, 0) is 4.74 Å². The van der Waals surface area contributed by atoms with Gasteiger partial charge in [-0.2, -0.15) is 0 Å². The average molecular weight is 165 g/mol. The molecule has 0 heterocycles. The lowest BCUT2D eigenvalue weighted by atomic mass is 10.2. The summed E-state index contributed by atoms with van der Waals surface area (Å²) in [5, 5.41) is 0. The van der Waals surface area contributed by atoms with Crippen molar-refractivity contribution in [3.63, 3.8) is 0 Å². The van der Waals surface area contributed by atoms with E-state index in [1.54, 1.807) is 24.3 Å². The highest BCUT2D eigenvalue weighted by Gasteiger charge is 2.03. The van der Waals surface area contributed by atoms with Crippen LogP contribution in [0.2, 0.25) is 0 Å². The minimum Gasteiger partial charge on any atom is -0.490 e. The van der Waals surface area contributed by atoms with E-state index >= 15 is 0 Å². The zero-order chi connectivity index (χ0) is 8.97. The molecule has 0 atom stereocenters. The first-order valence-electron chi connectivity index (χ1n) is 3.38. The van der Waals surface area contributed by atoms with Gasteiger partial charge in [0.15, 0.2) is 0 Å². The maximum Gasteiger partial charge on any atom is 0.337 e. The molecule has 0 aromatic heterocycles. The summed E-state index contributed by atoms with van der Waals surface area (Å²) in [5.41, 5.74) is 0.498. The standard InChI is InChI=1S/C9H9O3/c1-11-8-5-3-7(4-6-8)9(10)12-2/h3-6H,1H2,2H3. The Bertz CT molecular complexity index is 264. The summed E-state index contributed by atoms with van der Waals surface area (Å²) in [6, 6.07) is 6.54. The van der Waals surface area contributed by atoms with Gasteiger partial charge in [-0.3, -0.25) is 0 Å². The van der Waals surface area contributed by atoms with Crippen LogP contribution in [0.5, 0.6) is 5.75 Å². The van der Waals surface area contributed by atoms with E-state index in [9.17, 15) is 4.79 Å². The van der Waals surface area contributed by atoms with Gasteiger partial charge in [-0.05, 0) is 24.3 Å². The molecule has 3 nitrogen and oxygen atoms in total. The van der Waals surface area contributed by atoms with Crippen LogP contribution in [0.25, 0.3) is 0 Å². The van der Waals surface area contributed by atoms with Gasteiger partial charge in [0.05, 0.1) is 12.7 Å². The van der Waals surface area contributed by atoms with E-state index in [1.807, 2.05) is 0 Å². The van der Waals surface area contributed by atoms with Gasteiger partial charge in [-0.25, -0.2) is 4.79 Å². The van der Waals surface area contributed by atoms with E-state index < -0.39 is 0 Å². The summed E-state index contributed by atoms with van der Waals surface area (Å²) in [6.45, 7) is 0. The quantitative estimate of drug-likeness (QED) is 0.625. The largest absolute Gasteiger partial charge is 0.490 e. The fourth-order valence-corrected chi connectivity index (χ4v) is 0.805. The third kappa shape index (κ3) is 1.75. The second kappa shape index (κ2) is 3.76. The van der Waals surface area contributed by atoms with Crippen LogP contribution in [0, 0.1) is 7.11 Å². The second-order valence-corrected chi connectivity index (χ2v) is 2.16.